The fourth-order valence-electron chi connectivity index (χ4n) is 5.44. The number of benzene rings is 1. The number of nitrogens with one attached hydrogen (secondary N) is 1. The molecule has 1 unspecified atom stereocenters. The number of rotatable bonds is 7. The highest BCUT2D eigenvalue weighted by molar-refractivity contribution is 6.12. The number of nitrogens with two attached hydrogens (primary N) is 1. The third kappa shape index (κ3) is 5.20. The van der Waals surface area contributed by atoms with Gasteiger partial charge < -0.3 is 16.0 Å². The summed E-state index contributed by atoms with van der Waals surface area (Å²) < 4.78 is 14.4. The maximum atomic E-state index is 14.4. The molecule has 2 aliphatic rings. The highest BCUT2D eigenvalue weighted by Gasteiger charge is 2.55. The molecule has 9 heteroatoms. The van der Waals surface area contributed by atoms with Gasteiger partial charge in [0, 0.05) is 18.8 Å². The summed E-state index contributed by atoms with van der Waals surface area (Å²) in [5, 5.41) is 3.03. The maximum Gasteiger partial charge on any atom is 0.325 e. The molecule has 1 aromatic carbocycles. The van der Waals surface area contributed by atoms with Crippen molar-refractivity contribution in [2.75, 3.05) is 17.7 Å². The highest BCUT2D eigenvalue weighted by atomic mass is 19.1. The van der Waals surface area contributed by atoms with E-state index < -0.39 is 35.6 Å². The highest BCUT2D eigenvalue weighted by Crippen LogP contribution is 2.34. The Morgan fingerprint density at radius 3 is 2.58 bits per heavy atom. The van der Waals surface area contributed by atoms with Crippen LogP contribution in [0.3, 0.4) is 0 Å². The second-order valence-electron chi connectivity index (χ2n) is 9.76. The standard InChI is InChI=1S/C27H34FN5O3/c1-3-22(17-10-6-4-7-11-17)31-27(36)33-24(26(35)32(2)19-12-8-5-9-13-19)20(25(33)34)14-18-15-23(29)30-16-21(18)28/h5,8-9,12-13,15-17,20,22,24H,3-4,6-7,10-11,14H2,1-2H3,(H2,29,30)(H,31,36)/t20-,22?,24+/m1/s1. The van der Waals surface area contributed by atoms with Gasteiger partial charge >= 0.3 is 6.03 Å². The zero-order valence-corrected chi connectivity index (χ0v) is 20.8. The Bertz CT molecular complexity index is 1110. The molecule has 1 aliphatic heterocycles. The maximum absolute atomic E-state index is 14.4. The number of urea groups is 1. The van der Waals surface area contributed by atoms with Gasteiger partial charge in [-0.15, -0.1) is 0 Å². The molecule has 8 nitrogen and oxygen atoms in total. The summed E-state index contributed by atoms with van der Waals surface area (Å²) in [4.78, 5) is 46.4. The monoisotopic (exact) mass is 495 g/mol. The van der Waals surface area contributed by atoms with E-state index in [-0.39, 0.29) is 23.8 Å². The Balaban J connectivity index is 1.58. The molecule has 0 spiro atoms. The number of hydrogen-bond acceptors (Lipinski definition) is 5. The van der Waals surface area contributed by atoms with Crippen LogP contribution in [0.4, 0.5) is 20.7 Å². The van der Waals surface area contributed by atoms with E-state index in [1.165, 1.54) is 17.4 Å². The summed E-state index contributed by atoms with van der Waals surface area (Å²) in [6, 6.07) is 8.67. The zero-order valence-electron chi connectivity index (χ0n) is 20.8. The predicted molar refractivity (Wildman–Crippen MR) is 135 cm³/mol. The Morgan fingerprint density at radius 1 is 1.22 bits per heavy atom. The number of likely N-dealkylation sites (N-methyl/N-ethyl adjacent to an activating group) is 1. The van der Waals surface area contributed by atoms with Crippen LogP contribution in [0.2, 0.25) is 0 Å². The largest absolute Gasteiger partial charge is 0.384 e. The average Bonchev–Trinajstić information content (AvgIpc) is 2.90. The number of amides is 4. The van der Waals surface area contributed by atoms with Gasteiger partial charge in [0.1, 0.15) is 17.7 Å². The number of hydrogen-bond donors (Lipinski definition) is 2. The van der Waals surface area contributed by atoms with Crippen molar-refractivity contribution in [3.63, 3.8) is 0 Å². The SMILES string of the molecule is CCC(NC(=O)N1C(=O)[C@H](Cc2cc(N)ncc2F)[C@H]1C(=O)N(C)c1ccccc1)C1CCCCC1. The van der Waals surface area contributed by atoms with Crippen molar-refractivity contribution in [1.82, 2.24) is 15.2 Å². The lowest BCUT2D eigenvalue weighted by atomic mass is 9.81. The van der Waals surface area contributed by atoms with Crippen LogP contribution >= 0.6 is 0 Å². The molecule has 4 amide bonds. The lowest BCUT2D eigenvalue weighted by Gasteiger charge is -2.46. The van der Waals surface area contributed by atoms with Gasteiger partial charge in [0.15, 0.2) is 0 Å². The zero-order chi connectivity index (χ0) is 25.8. The number of para-hydroxylation sites is 1. The van der Waals surface area contributed by atoms with Gasteiger partial charge in [0.25, 0.3) is 5.91 Å². The van der Waals surface area contributed by atoms with E-state index in [1.54, 1.807) is 31.3 Å². The quantitative estimate of drug-likeness (QED) is 0.567. The minimum absolute atomic E-state index is 0.0555. The van der Waals surface area contributed by atoms with Crippen LogP contribution in [0.1, 0.15) is 51.0 Å². The van der Waals surface area contributed by atoms with Crippen molar-refractivity contribution >= 4 is 29.4 Å². The minimum Gasteiger partial charge on any atom is -0.384 e. The van der Waals surface area contributed by atoms with Gasteiger partial charge in [-0.25, -0.2) is 14.2 Å². The van der Waals surface area contributed by atoms with Gasteiger partial charge in [0.05, 0.1) is 12.1 Å². The van der Waals surface area contributed by atoms with E-state index in [1.807, 2.05) is 13.0 Å². The van der Waals surface area contributed by atoms with Gasteiger partial charge in [-0.1, -0.05) is 44.4 Å². The second-order valence-corrected chi connectivity index (χ2v) is 9.76. The fourth-order valence-corrected chi connectivity index (χ4v) is 5.44. The summed E-state index contributed by atoms with van der Waals surface area (Å²) in [6.45, 7) is 2.02. The molecule has 0 radical (unpaired) electrons. The number of halogens is 1. The first-order valence-corrected chi connectivity index (χ1v) is 12.7. The van der Waals surface area contributed by atoms with Crippen molar-refractivity contribution < 1.29 is 18.8 Å². The number of β-lactam (4-membered cyclic amide) rings is 1. The molecule has 3 N–H and O–H groups in total. The summed E-state index contributed by atoms with van der Waals surface area (Å²) >= 11 is 0. The number of carbonyl (C=O) groups is 3. The van der Waals surface area contributed by atoms with E-state index in [9.17, 15) is 18.8 Å². The molecule has 2 heterocycles. The molecule has 1 aliphatic carbocycles. The van der Waals surface area contributed by atoms with Gasteiger partial charge in [-0.2, -0.15) is 0 Å². The number of imide groups is 1. The number of nitrogens with zero attached hydrogens (tertiary/aromatic N) is 3. The molecule has 2 fully saturated rings. The average molecular weight is 496 g/mol. The Labute approximate surface area is 211 Å². The summed E-state index contributed by atoms with van der Waals surface area (Å²) in [7, 11) is 1.61. The number of nitrogen functional groups attached to an aromatic ring is 1. The van der Waals surface area contributed by atoms with Crippen molar-refractivity contribution in [2.24, 2.45) is 11.8 Å². The van der Waals surface area contributed by atoms with Crippen LogP contribution in [0, 0.1) is 17.7 Å². The topological polar surface area (TPSA) is 109 Å². The van der Waals surface area contributed by atoms with E-state index >= 15 is 0 Å². The minimum atomic E-state index is -1.06. The number of anilines is 2. The molecular weight excluding hydrogens is 461 g/mol. The van der Waals surface area contributed by atoms with Gasteiger partial charge in [0.2, 0.25) is 5.91 Å². The first kappa shape index (κ1) is 25.6. The normalized spacial score (nSPS) is 21.0. The number of likely N-dealkylation sites (tertiary alicyclic amines) is 1. The van der Waals surface area contributed by atoms with Crippen LogP contribution in [-0.2, 0) is 16.0 Å². The molecule has 1 saturated carbocycles. The number of carbonyl (C=O) groups excluding carboxylic acids is 3. The first-order chi connectivity index (χ1) is 17.3. The Kier molecular flexibility index (Phi) is 7.86. The van der Waals surface area contributed by atoms with Crippen molar-refractivity contribution in [3.05, 3.63) is 54.0 Å². The first-order valence-electron chi connectivity index (χ1n) is 12.7. The number of pyridine rings is 1. The fraction of sp³-hybridized carbons (Fsp3) is 0.481. The van der Waals surface area contributed by atoms with Crippen molar-refractivity contribution in [3.8, 4) is 0 Å². The molecule has 1 saturated heterocycles. The van der Waals surface area contributed by atoms with Crippen LogP contribution in [0.15, 0.2) is 42.6 Å². The third-order valence-electron chi connectivity index (χ3n) is 7.52. The Morgan fingerprint density at radius 2 is 1.92 bits per heavy atom. The molecule has 2 aromatic rings. The lowest BCUT2D eigenvalue weighted by molar-refractivity contribution is -0.156. The van der Waals surface area contributed by atoms with E-state index in [0.29, 0.717) is 11.6 Å². The van der Waals surface area contributed by atoms with Crippen LogP contribution < -0.4 is 16.0 Å². The van der Waals surface area contributed by atoms with E-state index in [4.69, 9.17) is 5.73 Å². The molecule has 36 heavy (non-hydrogen) atoms. The molecular formula is C27H34FN5O3. The second kappa shape index (κ2) is 11.1. The van der Waals surface area contributed by atoms with Crippen molar-refractivity contribution in [1.29, 1.82) is 0 Å². The van der Waals surface area contributed by atoms with Gasteiger partial charge in [-0.05, 0) is 55.4 Å². The van der Waals surface area contributed by atoms with Crippen LogP contribution in [0.25, 0.3) is 0 Å². The van der Waals surface area contributed by atoms with E-state index in [0.717, 1.165) is 43.2 Å². The molecule has 3 atom stereocenters. The molecule has 0 bridgehead atoms. The summed E-state index contributed by atoms with van der Waals surface area (Å²) in [5.41, 5.74) is 6.54. The molecule has 4 rings (SSSR count). The summed E-state index contributed by atoms with van der Waals surface area (Å²) in [5.74, 6) is -1.92. The lowest BCUT2D eigenvalue weighted by Crippen LogP contribution is -2.71. The smallest absolute Gasteiger partial charge is 0.325 e. The van der Waals surface area contributed by atoms with Gasteiger partial charge in [-0.3, -0.25) is 14.5 Å². The summed E-state index contributed by atoms with van der Waals surface area (Å²) in [6.07, 6.45) is 7.23. The van der Waals surface area contributed by atoms with Crippen LogP contribution in [-0.4, -0.2) is 46.9 Å². The molecule has 192 valence electrons. The van der Waals surface area contributed by atoms with E-state index in [2.05, 4.69) is 10.3 Å². The third-order valence-corrected chi connectivity index (χ3v) is 7.52. The van der Waals surface area contributed by atoms with Crippen LogP contribution in [0.5, 0.6) is 0 Å². The Hall–Kier alpha value is -3.49. The molecule has 1 aromatic heterocycles. The number of aromatic nitrogens is 1. The predicted octanol–water partition coefficient (Wildman–Crippen LogP) is 3.90. The van der Waals surface area contributed by atoms with Crippen molar-refractivity contribution in [2.45, 2.75) is 64.0 Å².